The number of carbonyl (C=O) groups excluding carboxylic acids is 1. The lowest BCUT2D eigenvalue weighted by molar-refractivity contribution is -0.385. The summed E-state index contributed by atoms with van der Waals surface area (Å²) in [6, 6.07) is 5.21. The first-order chi connectivity index (χ1) is 10.9. The number of nitro groups is 1. The average molecular weight is 321 g/mol. The van der Waals surface area contributed by atoms with Crippen molar-refractivity contribution in [2.45, 2.75) is 32.9 Å². The number of hydrogen-bond donors (Lipinski definition) is 1. The number of ether oxygens (including phenoxy) is 1. The molecule has 1 amide bonds. The molecule has 126 valence electrons. The highest BCUT2D eigenvalue weighted by Gasteiger charge is 2.26. The van der Waals surface area contributed by atoms with E-state index in [0.29, 0.717) is 31.4 Å². The van der Waals surface area contributed by atoms with Crippen molar-refractivity contribution >= 4 is 11.6 Å². The molecular weight excluding hydrogens is 298 g/mol. The van der Waals surface area contributed by atoms with Gasteiger partial charge in [0, 0.05) is 30.7 Å². The fourth-order valence-electron chi connectivity index (χ4n) is 2.93. The van der Waals surface area contributed by atoms with Gasteiger partial charge in [-0.05, 0) is 26.8 Å². The van der Waals surface area contributed by atoms with Crippen LogP contribution in [0, 0.1) is 17.0 Å². The average Bonchev–Trinajstić information content (AvgIpc) is 2.52. The third-order valence-corrected chi connectivity index (χ3v) is 4.21. The number of rotatable bonds is 5. The van der Waals surface area contributed by atoms with Crippen LogP contribution in [0.4, 0.5) is 5.69 Å². The largest absolute Gasteiger partial charge is 0.379 e. The number of aryl methyl sites for hydroxylation is 1. The number of benzene rings is 1. The Bertz CT molecular complexity index is 591. The molecule has 0 aliphatic carbocycles. The Morgan fingerprint density at radius 2 is 2.30 bits per heavy atom. The van der Waals surface area contributed by atoms with E-state index in [2.05, 4.69) is 17.1 Å². The number of nitrogens with one attached hydrogen (secondary N) is 1. The van der Waals surface area contributed by atoms with Gasteiger partial charge in [0.05, 0.1) is 18.1 Å². The fraction of sp³-hybridized carbons (Fsp3) is 0.562. The van der Waals surface area contributed by atoms with Crippen LogP contribution in [-0.4, -0.2) is 54.1 Å². The molecule has 0 aromatic heterocycles. The van der Waals surface area contributed by atoms with E-state index in [9.17, 15) is 14.9 Å². The maximum atomic E-state index is 12.3. The Hall–Kier alpha value is -1.99. The highest BCUT2D eigenvalue weighted by atomic mass is 16.6. The number of nitrogens with zero attached hydrogens (tertiary/aromatic N) is 2. The van der Waals surface area contributed by atoms with E-state index in [4.69, 9.17) is 4.74 Å². The monoisotopic (exact) mass is 321 g/mol. The molecule has 7 heteroatoms. The number of para-hydroxylation sites is 1. The molecular formula is C16H23N3O4. The van der Waals surface area contributed by atoms with E-state index < -0.39 is 10.8 Å². The van der Waals surface area contributed by atoms with Gasteiger partial charge in [-0.3, -0.25) is 19.8 Å². The summed E-state index contributed by atoms with van der Waals surface area (Å²) < 4.78 is 5.41. The quantitative estimate of drug-likeness (QED) is 0.659. The Labute approximate surface area is 135 Å². The summed E-state index contributed by atoms with van der Waals surface area (Å²) in [5.74, 6) is -0.409. The molecule has 1 fully saturated rings. The highest BCUT2D eigenvalue weighted by molar-refractivity contribution is 5.98. The van der Waals surface area contributed by atoms with Crippen molar-refractivity contribution in [3.05, 3.63) is 39.4 Å². The van der Waals surface area contributed by atoms with Gasteiger partial charge in [-0.15, -0.1) is 0 Å². The number of morpholine rings is 1. The lowest BCUT2D eigenvalue weighted by Gasteiger charge is -2.37. The van der Waals surface area contributed by atoms with Crippen LogP contribution < -0.4 is 5.32 Å². The van der Waals surface area contributed by atoms with Gasteiger partial charge in [0.15, 0.2) is 0 Å². The van der Waals surface area contributed by atoms with Gasteiger partial charge in [-0.2, -0.15) is 0 Å². The van der Waals surface area contributed by atoms with Crippen molar-refractivity contribution in [1.82, 2.24) is 10.2 Å². The Balaban J connectivity index is 2.02. The van der Waals surface area contributed by atoms with Crippen LogP contribution in [-0.2, 0) is 4.74 Å². The van der Waals surface area contributed by atoms with E-state index in [1.165, 1.54) is 6.07 Å². The van der Waals surface area contributed by atoms with Gasteiger partial charge in [-0.1, -0.05) is 12.1 Å². The molecule has 1 N–H and O–H groups in total. The first-order valence-corrected chi connectivity index (χ1v) is 7.77. The smallest absolute Gasteiger partial charge is 0.285 e. The van der Waals surface area contributed by atoms with E-state index >= 15 is 0 Å². The number of amides is 1. The second kappa shape index (κ2) is 7.52. The van der Waals surface area contributed by atoms with Gasteiger partial charge in [-0.25, -0.2) is 0 Å². The van der Waals surface area contributed by atoms with Gasteiger partial charge >= 0.3 is 0 Å². The molecule has 2 atom stereocenters. The minimum Gasteiger partial charge on any atom is -0.379 e. The molecule has 1 saturated heterocycles. The van der Waals surface area contributed by atoms with Crippen LogP contribution >= 0.6 is 0 Å². The minimum atomic E-state index is -0.502. The predicted molar refractivity (Wildman–Crippen MR) is 86.6 cm³/mol. The number of nitro benzene ring substituents is 1. The van der Waals surface area contributed by atoms with Gasteiger partial charge in [0.2, 0.25) is 0 Å². The first kappa shape index (κ1) is 17.4. The lowest BCUT2D eigenvalue weighted by atomic mass is 10.1. The van der Waals surface area contributed by atoms with Crippen LogP contribution in [0.25, 0.3) is 0 Å². The summed E-state index contributed by atoms with van der Waals surface area (Å²) in [4.78, 5) is 25.3. The van der Waals surface area contributed by atoms with Crippen molar-refractivity contribution in [2.75, 3.05) is 26.3 Å². The summed E-state index contributed by atoms with van der Waals surface area (Å²) >= 11 is 0. The third kappa shape index (κ3) is 4.05. The zero-order valence-electron chi connectivity index (χ0n) is 13.7. The van der Waals surface area contributed by atoms with Crippen molar-refractivity contribution < 1.29 is 14.5 Å². The maximum Gasteiger partial charge on any atom is 0.285 e. The van der Waals surface area contributed by atoms with E-state index in [1.807, 2.05) is 6.92 Å². The second-order valence-electron chi connectivity index (χ2n) is 5.95. The molecule has 23 heavy (non-hydrogen) atoms. The molecule has 0 spiro atoms. The topological polar surface area (TPSA) is 84.7 Å². The van der Waals surface area contributed by atoms with Gasteiger partial charge < -0.3 is 10.1 Å². The predicted octanol–water partition coefficient (Wildman–Crippen LogP) is 1.74. The van der Waals surface area contributed by atoms with E-state index in [1.54, 1.807) is 19.1 Å². The molecule has 0 bridgehead atoms. The maximum absolute atomic E-state index is 12.3. The van der Waals surface area contributed by atoms with Crippen LogP contribution in [0.5, 0.6) is 0 Å². The fourth-order valence-corrected chi connectivity index (χ4v) is 2.93. The Morgan fingerprint density at radius 3 is 2.96 bits per heavy atom. The molecule has 1 aliphatic heterocycles. The first-order valence-electron chi connectivity index (χ1n) is 7.77. The summed E-state index contributed by atoms with van der Waals surface area (Å²) in [6.45, 7) is 8.38. The van der Waals surface area contributed by atoms with Crippen LogP contribution in [0.2, 0.25) is 0 Å². The molecule has 1 aromatic rings. The Morgan fingerprint density at radius 1 is 1.57 bits per heavy atom. The third-order valence-electron chi connectivity index (χ3n) is 4.21. The van der Waals surface area contributed by atoms with Crippen LogP contribution in [0.1, 0.15) is 29.8 Å². The zero-order chi connectivity index (χ0) is 17.0. The summed E-state index contributed by atoms with van der Waals surface area (Å²) in [6.07, 6.45) is 0. The van der Waals surface area contributed by atoms with Crippen LogP contribution in [0.15, 0.2) is 18.2 Å². The van der Waals surface area contributed by atoms with E-state index in [0.717, 1.165) is 6.54 Å². The SMILES string of the molecule is Cc1cccc(C(=O)NC[C@H](C)N2CCOC[C@H]2C)c1[N+](=O)[O-]. The minimum absolute atomic E-state index is 0.109. The van der Waals surface area contributed by atoms with Crippen LogP contribution in [0.3, 0.4) is 0 Å². The molecule has 0 saturated carbocycles. The van der Waals surface area contributed by atoms with Gasteiger partial charge in [0.25, 0.3) is 11.6 Å². The second-order valence-corrected chi connectivity index (χ2v) is 5.95. The molecule has 0 radical (unpaired) electrons. The van der Waals surface area contributed by atoms with Crippen molar-refractivity contribution in [3.63, 3.8) is 0 Å². The molecule has 2 rings (SSSR count). The normalized spacial score (nSPS) is 20.0. The standard InChI is InChI=1S/C16H23N3O4/c1-11-5-4-6-14(15(11)19(21)22)16(20)17-9-12(2)18-7-8-23-10-13(18)3/h4-6,12-13H,7-10H2,1-3H3,(H,17,20)/t12-,13+/m0/s1. The molecule has 0 unspecified atom stereocenters. The van der Waals surface area contributed by atoms with E-state index in [-0.39, 0.29) is 17.3 Å². The summed E-state index contributed by atoms with van der Waals surface area (Å²) in [7, 11) is 0. The van der Waals surface area contributed by atoms with Gasteiger partial charge in [0.1, 0.15) is 5.56 Å². The van der Waals surface area contributed by atoms with Crippen molar-refractivity contribution in [2.24, 2.45) is 0 Å². The lowest BCUT2D eigenvalue weighted by Crippen LogP contribution is -2.51. The molecule has 7 nitrogen and oxygen atoms in total. The van der Waals surface area contributed by atoms with Crippen molar-refractivity contribution in [1.29, 1.82) is 0 Å². The van der Waals surface area contributed by atoms with Crippen molar-refractivity contribution in [3.8, 4) is 0 Å². The zero-order valence-corrected chi connectivity index (χ0v) is 13.7. The number of carbonyl (C=O) groups is 1. The highest BCUT2D eigenvalue weighted by Crippen LogP contribution is 2.22. The Kier molecular flexibility index (Phi) is 5.68. The summed E-state index contributed by atoms with van der Waals surface area (Å²) in [5, 5.41) is 14.0. The molecule has 1 heterocycles. The number of hydrogen-bond acceptors (Lipinski definition) is 5. The summed E-state index contributed by atoms with van der Waals surface area (Å²) in [5.41, 5.74) is 0.465. The molecule has 1 aromatic carbocycles. The molecule has 1 aliphatic rings.